The first-order valence-corrected chi connectivity index (χ1v) is 8.50. The molecular weight excluding hydrogens is 288 g/mol. The number of piperidine rings is 1. The molecule has 0 saturated carbocycles. The van der Waals surface area contributed by atoms with E-state index in [1.54, 1.807) is 12.4 Å². The lowest BCUT2D eigenvalue weighted by Gasteiger charge is -2.32. The molecule has 23 heavy (non-hydrogen) atoms. The van der Waals surface area contributed by atoms with Crippen LogP contribution in [-0.4, -0.2) is 38.4 Å². The van der Waals surface area contributed by atoms with Crippen LogP contribution in [0.2, 0.25) is 0 Å². The Bertz CT molecular complexity index is 629. The normalized spacial score (nSPS) is 15.8. The fourth-order valence-corrected chi connectivity index (χ4v) is 3.21. The lowest BCUT2D eigenvalue weighted by molar-refractivity contribution is 0.0710. The molecule has 0 atom stereocenters. The summed E-state index contributed by atoms with van der Waals surface area (Å²) in [6, 6.07) is 3.64. The van der Waals surface area contributed by atoms with E-state index in [0.29, 0.717) is 11.5 Å². The predicted molar refractivity (Wildman–Crippen MR) is 89.3 cm³/mol. The first-order valence-electron chi connectivity index (χ1n) is 8.50. The number of carbonyl (C=O) groups is 1. The van der Waals surface area contributed by atoms with Crippen LogP contribution in [-0.2, 0) is 6.54 Å². The van der Waals surface area contributed by atoms with E-state index in [9.17, 15) is 4.79 Å². The standard InChI is InChI=1S/C18H24N4O/c1-2-3-10-21-13-9-20-17(21)15-6-11-22(12-7-15)18(23)16-5-4-8-19-14-16/h4-5,8-9,13-15H,2-3,6-7,10-12H2,1H3. The molecule has 3 heterocycles. The van der Waals surface area contributed by atoms with Gasteiger partial charge in [-0.1, -0.05) is 13.3 Å². The zero-order valence-electron chi connectivity index (χ0n) is 13.7. The quantitative estimate of drug-likeness (QED) is 0.852. The minimum absolute atomic E-state index is 0.0888. The highest BCUT2D eigenvalue weighted by Gasteiger charge is 2.26. The molecule has 0 radical (unpaired) electrons. The molecule has 1 aliphatic rings. The van der Waals surface area contributed by atoms with Gasteiger partial charge in [0.15, 0.2) is 0 Å². The second-order valence-corrected chi connectivity index (χ2v) is 6.14. The smallest absolute Gasteiger partial charge is 0.255 e. The average Bonchev–Trinajstić information content (AvgIpc) is 3.08. The van der Waals surface area contributed by atoms with Crippen LogP contribution in [0.1, 0.15) is 54.7 Å². The van der Waals surface area contributed by atoms with Gasteiger partial charge in [0.25, 0.3) is 5.91 Å². The summed E-state index contributed by atoms with van der Waals surface area (Å²) in [5.74, 6) is 1.73. The van der Waals surface area contributed by atoms with E-state index in [4.69, 9.17) is 0 Å². The first kappa shape index (κ1) is 15.7. The van der Waals surface area contributed by atoms with Crippen molar-refractivity contribution in [2.45, 2.75) is 45.1 Å². The van der Waals surface area contributed by atoms with Crippen molar-refractivity contribution in [3.63, 3.8) is 0 Å². The van der Waals surface area contributed by atoms with E-state index in [-0.39, 0.29) is 5.91 Å². The third-order valence-corrected chi connectivity index (χ3v) is 4.56. The molecule has 1 aliphatic heterocycles. The van der Waals surface area contributed by atoms with Crippen LogP contribution in [0.4, 0.5) is 0 Å². The number of likely N-dealkylation sites (tertiary alicyclic amines) is 1. The number of aromatic nitrogens is 3. The van der Waals surface area contributed by atoms with E-state index in [2.05, 4.69) is 27.7 Å². The predicted octanol–water partition coefficient (Wildman–Crippen LogP) is 3.10. The first-order chi connectivity index (χ1) is 11.3. The van der Waals surface area contributed by atoms with E-state index in [1.807, 2.05) is 23.2 Å². The molecule has 1 fully saturated rings. The fraction of sp³-hybridized carbons (Fsp3) is 0.500. The van der Waals surface area contributed by atoms with Crippen LogP contribution in [0, 0.1) is 0 Å². The number of rotatable bonds is 5. The molecule has 5 nitrogen and oxygen atoms in total. The minimum Gasteiger partial charge on any atom is -0.339 e. The second-order valence-electron chi connectivity index (χ2n) is 6.14. The van der Waals surface area contributed by atoms with E-state index < -0.39 is 0 Å². The number of hydrogen-bond acceptors (Lipinski definition) is 3. The maximum atomic E-state index is 12.5. The molecule has 0 aliphatic carbocycles. The van der Waals surface area contributed by atoms with Crippen LogP contribution >= 0.6 is 0 Å². The van der Waals surface area contributed by atoms with Gasteiger partial charge in [-0.15, -0.1) is 0 Å². The number of unbranched alkanes of at least 4 members (excludes halogenated alkanes) is 1. The molecule has 122 valence electrons. The molecule has 2 aromatic heterocycles. The Morgan fingerprint density at radius 1 is 1.30 bits per heavy atom. The number of aryl methyl sites for hydroxylation is 1. The number of carbonyl (C=O) groups excluding carboxylic acids is 1. The molecule has 5 heteroatoms. The van der Waals surface area contributed by atoms with Gasteiger partial charge >= 0.3 is 0 Å². The summed E-state index contributed by atoms with van der Waals surface area (Å²) in [6.45, 7) is 4.83. The van der Waals surface area contributed by atoms with Crippen molar-refractivity contribution in [2.75, 3.05) is 13.1 Å². The highest BCUT2D eigenvalue weighted by Crippen LogP contribution is 2.27. The molecular formula is C18H24N4O. The van der Waals surface area contributed by atoms with Crippen LogP contribution in [0.3, 0.4) is 0 Å². The Morgan fingerprint density at radius 3 is 2.83 bits per heavy atom. The maximum absolute atomic E-state index is 12.5. The Balaban J connectivity index is 1.60. The highest BCUT2D eigenvalue weighted by molar-refractivity contribution is 5.93. The second kappa shape index (κ2) is 7.40. The van der Waals surface area contributed by atoms with Crippen molar-refractivity contribution >= 4 is 5.91 Å². The summed E-state index contributed by atoms with van der Waals surface area (Å²) < 4.78 is 2.28. The summed E-state index contributed by atoms with van der Waals surface area (Å²) in [5, 5.41) is 0. The molecule has 1 saturated heterocycles. The largest absolute Gasteiger partial charge is 0.339 e. The number of hydrogen-bond donors (Lipinski definition) is 0. The molecule has 3 rings (SSSR count). The third-order valence-electron chi connectivity index (χ3n) is 4.56. The van der Waals surface area contributed by atoms with Crippen molar-refractivity contribution in [2.24, 2.45) is 0 Å². The Morgan fingerprint density at radius 2 is 2.13 bits per heavy atom. The summed E-state index contributed by atoms with van der Waals surface area (Å²) in [7, 11) is 0. The summed E-state index contributed by atoms with van der Waals surface area (Å²) in [6.07, 6.45) is 11.7. The molecule has 0 N–H and O–H groups in total. The molecule has 0 aromatic carbocycles. The number of nitrogens with zero attached hydrogens (tertiary/aromatic N) is 4. The van der Waals surface area contributed by atoms with Gasteiger partial charge in [0.05, 0.1) is 5.56 Å². The topological polar surface area (TPSA) is 51.0 Å². The van der Waals surface area contributed by atoms with Gasteiger partial charge in [0.2, 0.25) is 0 Å². The fourth-order valence-electron chi connectivity index (χ4n) is 3.21. The highest BCUT2D eigenvalue weighted by atomic mass is 16.2. The minimum atomic E-state index is 0.0888. The number of imidazole rings is 1. The van der Waals surface area contributed by atoms with Crippen molar-refractivity contribution < 1.29 is 4.79 Å². The van der Waals surface area contributed by atoms with E-state index >= 15 is 0 Å². The summed E-state index contributed by atoms with van der Waals surface area (Å²) >= 11 is 0. The van der Waals surface area contributed by atoms with Crippen molar-refractivity contribution in [3.05, 3.63) is 48.3 Å². The van der Waals surface area contributed by atoms with Crippen LogP contribution < -0.4 is 0 Å². The zero-order chi connectivity index (χ0) is 16.1. The van der Waals surface area contributed by atoms with Gasteiger partial charge in [0, 0.05) is 50.3 Å². The zero-order valence-corrected chi connectivity index (χ0v) is 13.7. The van der Waals surface area contributed by atoms with Gasteiger partial charge in [-0.25, -0.2) is 4.98 Å². The number of amides is 1. The molecule has 0 unspecified atom stereocenters. The van der Waals surface area contributed by atoms with Crippen LogP contribution in [0.5, 0.6) is 0 Å². The van der Waals surface area contributed by atoms with Crippen LogP contribution in [0.25, 0.3) is 0 Å². The van der Waals surface area contributed by atoms with Gasteiger partial charge in [-0.2, -0.15) is 0 Å². The number of pyridine rings is 1. The van der Waals surface area contributed by atoms with Crippen molar-refractivity contribution in [1.82, 2.24) is 19.4 Å². The lowest BCUT2D eigenvalue weighted by atomic mass is 9.95. The monoisotopic (exact) mass is 312 g/mol. The van der Waals surface area contributed by atoms with Gasteiger partial charge < -0.3 is 9.47 Å². The van der Waals surface area contributed by atoms with E-state index in [1.165, 1.54) is 18.7 Å². The Labute approximate surface area is 137 Å². The van der Waals surface area contributed by atoms with Crippen LogP contribution in [0.15, 0.2) is 36.9 Å². The van der Waals surface area contributed by atoms with Gasteiger partial charge in [0.1, 0.15) is 5.82 Å². The van der Waals surface area contributed by atoms with Gasteiger partial charge in [-0.3, -0.25) is 9.78 Å². The summed E-state index contributed by atoms with van der Waals surface area (Å²) in [5.41, 5.74) is 0.676. The Kier molecular flexibility index (Phi) is 5.05. The summed E-state index contributed by atoms with van der Waals surface area (Å²) in [4.78, 5) is 23.0. The molecule has 0 bridgehead atoms. The SMILES string of the molecule is CCCCn1ccnc1C1CCN(C(=O)c2cccnc2)CC1. The van der Waals surface area contributed by atoms with Gasteiger partial charge in [-0.05, 0) is 31.4 Å². The molecule has 1 amide bonds. The average molecular weight is 312 g/mol. The molecule has 0 spiro atoms. The maximum Gasteiger partial charge on any atom is 0.255 e. The third kappa shape index (κ3) is 3.60. The Hall–Kier alpha value is -2.17. The molecule has 2 aromatic rings. The van der Waals surface area contributed by atoms with Crippen molar-refractivity contribution in [3.8, 4) is 0 Å². The van der Waals surface area contributed by atoms with E-state index in [0.717, 1.165) is 32.5 Å². The lowest BCUT2D eigenvalue weighted by Crippen LogP contribution is -2.38. The van der Waals surface area contributed by atoms with Crippen molar-refractivity contribution in [1.29, 1.82) is 0 Å².